The van der Waals surface area contributed by atoms with E-state index in [0.29, 0.717) is 23.7 Å². The summed E-state index contributed by atoms with van der Waals surface area (Å²) < 4.78 is 32.4. The number of ether oxygens (including phenoxy) is 1. The normalized spacial score (nSPS) is 15.2. The number of rotatable bonds is 7. The number of anilines is 1. The molecule has 1 aromatic carbocycles. The van der Waals surface area contributed by atoms with Gasteiger partial charge in [0.15, 0.2) is 11.6 Å². The molecule has 158 valence electrons. The van der Waals surface area contributed by atoms with E-state index in [9.17, 15) is 13.2 Å². The summed E-state index contributed by atoms with van der Waals surface area (Å²) in [6.07, 6.45) is 4.96. The van der Waals surface area contributed by atoms with Gasteiger partial charge < -0.3 is 10.1 Å². The largest absolute Gasteiger partial charge is 0.485 e. The van der Waals surface area contributed by atoms with Gasteiger partial charge in [0.25, 0.3) is 10.0 Å². The minimum Gasteiger partial charge on any atom is -0.485 e. The van der Waals surface area contributed by atoms with Gasteiger partial charge in [-0.25, -0.2) is 13.4 Å². The van der Waals surface area contributed by atoms with E-state index in [4.69, 9.17) is 4.74 Å². The lowest BCUT2D eigenvalue weighted by Crippen LogP contribution is -2.23. The maximum Gasteiger partial charge on any atom is 0.263 e. The van der Waals surface area contributed by atoms with Gasteiger partial charge in [0.2, 0.25) is 5.91 Å². The fraction of sp³-hybridized carbons (Fsp3) is 0.143. The number of carbonyl (C=O) groups is 1. The SMILES string of the molecule is O=C(CCN=C1NS(=O)(=O)c2ccccc21)Nc1ncccc1OCc1ccncc1. The molecule has 4 rings (SSSR count). The smallest absolute Gasteiger partial charge is 0.263 e. The third-order valence-electron chi connectivity index (χ3n) is 4.44. The predicted octanol–water partition coefficient (Wildman–Crippen LogP) is 2.12. The number of amidine groups is 1. The van der Waals surface area contributed by atoms with Crippen molar-refractivity contribution in [3.05, 3.63) is 78.2 Å². The molecule has 0 radical (unpaired) electrons. The number of sulfonamides is 1. The van der Waals surface area contributed by atoms with Crippen LogP contribution in [0.5, 0.6) is 5.75 Å². The van der Waals surface area contributed by atoms with Crippen molar-refractivity contribution in [2.45, 2.75) is 17.9 Å². The summed E-state index contributed by atoms with van der Waals surface area (Å²) in [5.74, 6) is 0.672. The third kappa shape index (κ3) is 4.86. The van der Waals surface area contributed by atoms with Crippen LogP contribution >= 0.6 is 0 Å². The Morgan fingerprint density at radius 2 is 1.87 bits per heavy atom. The van der Waals surface area contributed by atoms with E-state index < -0.39 is 10.0 Å². The number of carbonyl (C=O) groups excluding carboxylic acids is 1. The first kappa shape index (κ1) is 20.5. The molecule has 1 aliphatic heterocycles. The number of amides is 1. The van der Waals surface area contributed by atoms with Crippen molar-refractivity contribution in [1.29, 1.82) is 0 Å². The first-order valence-corrected chi connectivity index (χ1v) is 10.9. The minimum absolute atomic E-state index is 0.0494. The molecule has 1 amide bonds. The Kier molecular flexibility index (Phi) is 5.89. The van der Waals surface area contributed by atoms with E-state index in [0.717, 1.165) is 5.56 Å². The van der Waals surface area contributed by atoms with E-state index in [-0.39, 0.29) is 29.6 Å². The zero-order chi connectivity index (χ0) is 21.7. The summed E-state index contributed by atoms with van der Waals surface area (Å²) >= 11 is 0. The molecule has 0 unspecified atom stereocenters. The lowest BCUT2D eigenvalue weighted by molar-refractivity contribution is -0.116. The first-order valence-electron chi connectivity index (χ1n) is 9.46. The van der Waals surface area contributed by atoms with Crippen molar-refractivity contribution < 1.29 is 17.9 Å². The highest BCUT2D eigenvalue weighted by Crippen LogP contribution is 2.23. The number of nitrogens with zero attached hydrogens (tertiary/aromatic N) is 3. The summed E-state index contributed by atoms with van der Waals surface area (Å²) in [6.45, 7) is 0.419. The number of hydrogen-bond donors (Lipinski definition) is 2. The van der Waals surface area contributed by atoms with Gasteiger partial charge in [0.05, 0.1) is 11.4 Å². The molecule has 2 aromatic heterocycles. The second-order valence-electron chi connectivity index (χ2n) is 6.62. The maximum absolute atomic E-state index is 12.4. The number of pyridine rings is 2. The Labute approximate surface area is 179 Å². The van der Waals surface area contributed by atoms with Crippen molar-refractivity contribution in [3.8, 4) is 5.75 Å². The number of nitrogens with one attached hydrogen (secondary N) is 2. The van der Waals surface area contributed by atoms with Crippen LogP contribution in [0.2, 0.25) is 0 Å². The van der Waals surface area contributed by atoms with Crippen LogP contribution in [-0.2, 0) is 21.4 Å². The standard InChI is InChI=1S/C21H19N5O4S/c27-19(9-13-24-20-16-4-1-2-6-18(16)31(28,29)26-20)25-21-17(5-3-10-23-21)30-14-15-7-11-22-12-8-15/h1-8,10-12H,9,13-14H2,(H,24,26)(H,23,25,27). The van der Waals surface area contributed by atoms with Crippen molar-refractivity contribution in [1.82, 2.24) is 14.7 Å². The molecule has 3 heterocycles. The maximum atomic E-state index is 12.4. The number of aromatic nitrogens is 2. The molecule has 10 heteroatoms. The van der Waals surface area contributed by atoms with Crippen LogP contribution in [0.3, 0.4) is 0 Å². The zero-order valence-electron chi connectivity index (χ0n) is 16.4. The van der Waals surface area contributed by atoms with E-state index in [1.807, 2.05) is 12.1 Å². The number of benzene rings is 1. The van der Waals surface area contributed by atoms with Crippen molar-refractivity contribution in [2.24, 2.45) is 4.99 Å². The molecular weight excluding hydrogens is 418 g/mol. The van der Waals surface area contributed by atoms with Crippen LogP contribution in [-0.4, -0.2) is 36.7 Å². The highest BCUT2D eigenvalue weighted by atomic mass is 32.2. The van der Waals surface area contributed by atoms with Gasteiger partial charge in [-0.3, -0.25) is 19.5 Å². The van der Waals surface area contributed by atoms with Crippen LogP contribution in [0.25, 0.3) is 0 Å². The van der Waals surface area contributed by atoms with Gasteiger partial charge in [-0.05, 0) is 42.0 Å². The monoisotopic (exact) mass is 437 g/mol. The van der Waals surface area contributed by atoms with Gasteiger partial charge >= 0.3 is 0 Å². The molecule has 2 N–H and O–H groups in total. The Morgan fingerprint density at radius 1 is 1.06 bits per heavy atom. The van der Waals surface area contributed by atoms with E-state index in [1.54, 1.807) is 48.9 Å². The first-order chi connectivity index (χ1) is 15.0. The van der Waals surface area contributed by atoms with Gasteiger partial charge in [-0.1, -0.05) is 12.1 Å². The molecule has 0 saturated carbocycles. The summed E-state index contributed by atoms with van der Waals surface area (Å²) in [6, 6.07) is 13.7. The molecule has 0 bridgehead atoms. The summed E-state index contributed by atoms with van der Waals surface area (Å²) in [5.41, 5.74) is 1.44. The van der Waals surface area contributed by atoms with Crippen LogP contribution in [0.15, 0.2) is 77.0 Å². The van der Waals surface area contributed by atoms with E-state index >= 15 is 0 Å². The van der Waals surface area contributed by atoms with Gasteiger partial charge in [-0.2, -0.15) is 0 Å². The molecule has 1 aliphatic rings. The molecular formula is C21H19N5O4S. The van der Waals surface area contributed by atoms with Crippen molar-refractivity contribution in [3.63, 3.8) is 0 Å². The highest BCUT2D eigenvalue weighted by molar-refractivity contribution is 7.90. The molecule has 0 spiro atoms. The Bertz CT molecular complexity index is 1230. The van der Waals surface area contributed by atoms with Crippen LogP contribution in [0.4, 0.5) is 5.82 Å². The van der Waals surface area contributed by atoms with E-state index in [2.05, 4.69) is 25.0 Å². The molecule has 9 nitrogen and oxygen atoms in total. The highest BCUT2D eigenvalue weighted by Gasteiger charge is 2.29. The summed E-state index contributed by atoms with van der Waals surface area (Å²) in [4.78, 5) is 24.9. The Morgan fingerprint density at radius 3 is 2.71 bits per heavy atom. The lowest BCUT2D eigenvalue weighted by Gasteiger charge is -2.11. The Balaban J connectivity index is 1.36. The average molecular weight is 437 g/mol. The molecule has 0 aliphatic carbocycles. The molecule has 0 saturated heterocycles. The number of fused-ring (bicyclic) bond motifs is 1. The summed E-state index contributed by atoms with van der Waals surface area (Å²) in [7, 11) is -3.60. The van der Waals surface area contributed by atoms with Crippen LogP contribution < -0.4 is 14.8 Å². The second-order valence-corrected chi connectivity index (χ2v) is 8.28. The molecule has 0 fully saturated rings. The third-order valence-corrected chi connectivity index (χ3v) is 5.84. The fourth-order valence-electron chi connectivity index (χ4n) is 2.96. The average Bonchev–Trinajstić information content (AvgIpc) is 3.04. The van der Waals surface area contributed by atoms with Gasteiger partial charge in [-0.15, -0.1) is 0 Å². The Hall–Kier alpha value is -3.79. The van der Waals surface area contributed by atoms with Gasteiger partial charge in [0.1, 0.15) is 12.4 Å². The number of aliphatic imine (C=N–C) groups is 1. The topological polar surface area (TPSA) is 123 Å². The zero-order valence-corrected chi connectivity index (χ0v) is 17.2. The summed E-state index contributed by atoms with van der Waals surface area (Å²) in [5, 5.41) is 2.71. The number of hydrogen-bond acceptors (Lipinski definition) is 7. The van der Waals surface area contributed by atoms with Crippen molar-refractivity contribution in [2.75, 3.05) is 11.9 Å². The van der Waals surface area contributed by atoms with Crippen LogP contribution in [0.1, 0.15) is 17.5 Å². The predicted molar refractivity (Wildman–Crippen MR) is 114 cm³/mol. The molecule has 0 atom stereocenters. The fourth-order valence-corrected chi connectivity index (χ4v) is 4.21. The lowest BCUT2D eigenvalue weighted by atomic mass is 10.2. The second kappa shape index (κ2) is 8.92. The molecule has 3 aromatic rings. The van der Waals surface area contributed by atoms with E-state index in [1.165, 1.54) is 6.07 Å². The molecule has 31 heavy (non-hydrogen) atoms. The van der Waals surface area contributed by atoms with Crippen molar-refractivity contribution >= 4 is 27.6 Å². The minimum atomic E-state index is -3.60. The quantitative estimate of drug-likeness (QED) is 0.584. The van der Waals surface area contributed by atoms with Gasteiger partial charge in [0, 0.05) is 30.6 Å². The van der Waals surface area contributed by atoms with Crippen LogP contribution in [0, 0.1) is 0 Å².